The Morgan fingerprint density at radius 2 is 2.27 bits per heavy atom. The fourth-order valence-corrected chi connectivity index (χ4v) is 1.39. The van der Waals surface area contributed by atoms with Crippen LogP contribution in [0.5, 0.6) is 5.75 Å². The number of nitrogens with zero attached hydrogens (tertiary/aromatic N) is 1. The summed E-state index contributed by atoms with van der Waals surface area (Å²) < 4.78 is 5.49. The molecule has 15 heavy (non-hydrogen) atoms. The Bertz CT molecular complexity index is 388. The van der Waals surface area contributed by atoms with Crippen LogP contribution in [0, 0.1) is 17.0 Å². The molecular formula is C10H12N2O3. The van der Waals surface area contributed by atoms with E-state index in [0.717, 1.165) is 18.7 Å². The van der Waals surface area contributed by atoms with E-state index in [4.69, 9.17) is 4.74 Å². The number of benzene rings is 1. The first-order valence-electron chi connectivity index (χ1n) is 4.79. The van der Waals surface area contributed by atoms with E-state index in [9.17, 15) is 10.1 Å². The Morgan fingerprint density at radius 1 is 1.53 bits per heavy atom. The fourth-order valence-electron chi connectivity index (χ4n) is 1.39. The highest BCUT2D eigenvalue weighted by atomic mass is 16.6. The second-order valence-electron chi connectivity index (χ2n) is 3.63. The molecule has 1 saturated heterocycles. The first-order valence-corrected chi connectivity index (χ1v) is 4.79. The summed E-state index contributed by atoms with van der Waals surface area (Å²) >= 11 is 0. The summed E-state index contributed by atoms with van der Waals surface area (Å²) in [5, 5.41) is 13.8. The lowest BCUT2D eigenvalue weighted by Gasteiger charge is -2.27. The highest BCUT2D eigenvalue weighted by Gasteiger charge is 2.23. The van der Waals surface area contributed by atoms with Crippen molar-refractivity contribution in [3.05, 3.63) is 33.9 Å². The highest BCUT2D eigenvalue weighted by Crippen LogP contribution is 2.28. The number of nitro groups is 1. The van der Waals surface area contributed by atoms with Gasteiger partial charge in [0.05, 0.1) is 4.92 Å². The van der Waals surface area contributed by atoms with Crippen molar-refractivity contribution in [2.75, 3.05) is 13.1 Å². The smallest absolute Gasteiger partial charge is 0.311 e. The topological polar surface area (TPSA) is 64.4 Å². The third-order valence-electron chi connectivity index (χ3n) is 2.35. The maximum atomic E-state index is 10.8. The van der Waals surface area contributed by atoms with Crippen molar-refractivity contribution in [3.63, 3.8) is 0 Å². The number of nitrogens with one attached hydrogen (secondary N) is 1. The Kier molecular flexibility index (Phi) is 2.55. The molecule has 5 heteroatoms. The largest absolute Gasteiger partial charge is 0.481 e. The summed E-state index contributed by atoms with van der Waals surface area (Å²) in [6, 6.07) is 5.00. The summed E-state index contributed by atoms with van der Waals surface area (Å²) in [4.78, 5) is 10.4. The molecule has 0 spiro atoms. The van der Waals surface area contributed by atoms with Crippen LogP contribution in [0.1, 0.15) is 5.56 Å². The van der Waals surface area contributed by atoms with Crippen LogP contribution in [-0.4, -0.2) is 24.1 Å². The molecule has 0 saturated carbocycles. The molecule has 1 aromatic rings. The van der Waals surface area contributed by atoms with Crippen LogP contribution >= 0.6 is 0 Å². The van der Waals surface area contributed by atoms with Crippen molar-refractivity contribution >= 4 is 5.69 Å². The van der Waals surface area contributed by atoms with E-state index in [1.165, 1.54) is 6.07 Å². The average molecular weight is 208 g/mol. The normalized spacial score (nSPS) is 15.8. The van der Waals surface area contributed by atoms with Crippen LogP contribution in [0.25, 0.3) is 0 Å². The molecule has 80 valence electrons. The predicted octanol–water partition coefficient (Wildman–Crippen LogP) is 1.25. The van der Waals surface area contributed by atoms with Gasteiger partial charge >= 0.3 is 5.69 Å². The zero-order valence-corrected chi connectivity index (χ0v) is 8.40. The Labute approximate surface area is 87.2 Å². The average Bonchev–Trinajstić information content (AvgIpc) is 2.12. The van der Waals surface area contributed by atoms with Crippen LogP contribution < -0.4 is 10.1 Å². The van der Waals surface area contributed by atoms with Gasteiger partial charge in [-0.3, -0.25) is 10.1 Å². The van der Waals surface area contributed by atoms with Crippen LogP contribution in [0.3, 0.4) is 0 Å². The van der Waals surface area contributed by atoms with Crippen molar-refractivity contribution in [2.45, 2.75) is 13.0 Å². The lowest BCUT2D eigenvalue weighted by Crippen LogP contribution is -2.50. The summed E-state index contributed by atoms with van der Waals surface area (Å²) in [6.45, 7) is 3.33. The first kappa shape index (κ1) is 9.92. The van der Waals surface area contributed by atoms with Crippen LogP contribution in [0.2, 0.25) is 0 Å². The summed E-state index contributed by atoms with van der Waals surface area (Å²) in [7, 11) is 0. The van der Waals surface area contributed by atoms with E-state index in [1.54, 1.807) is 6.07 Å². The Balaban J connectivity index is 2.23. The lowest BCUT2D eigenvalue weighted by atomic mass is 10.2. The van der Waals surface area contributed by atoms with Gasteiger partial charge in [-0.25, -0.2) is 0 Å². The summed E-state index contributed by atoms with van der Waals surface area (Å²) in [6.07, 6.45) is 0.0615. The van der Waals surface area contributed by atoms with Gasteiger partial charge in [-0.15, -0.1) is 0 Å². The van der Waals surface area contributed by atoms with Crippen molar-refractivity contribution in [3.8, 4) is 5.75 Å². The second kappa shape index (κ2) is 3.86. The molecule has 0 radical (unpaired) electrons. The van der Waals surface area contributed by atoms with Crippen molar-refractivity contribution < 1.29 is 9.66 Å². The van der Waals surface area contributed by atoms with Gasteiger partial charge in [0.1, 0.15) is 6.10 Å². The molecule has 0 unspecified atom stereocenters. The molecule has 1 heterocycles. The molecule has 1 fully saturated rings. The zero-order valence-electron chi connectivity index (χ0n) is 8.40. The van der Waals surface area contributed by atoms with Crippen molar-refractivity contribution in [1.82, 2.24) is 5.32 Å². The Hall–Kier alpha value is -1.62. The number of rotatable bonds is 3. The van der Waals surface area contributed by atoms with Gasteiger partial charge in [0.25, 0.3) is 0 Å². The van der Waals surface area contributed by atoms with E-state index in [0.29, 0.717) is 5.75 Å². The lowest BCUT2D eigenvalue weighted by molar-refractivity contribution is -0.386. The number of aryl methyl sites for hydroxylation is 1. The molecule has 1 aliphatic heterocycles. The molecule has 0 bridgehead atoms. The van der Waals surface area contributed by atoms with E-state index in [2.05, 4.69) is 5.32 Å². The van der Waals surface area contributed by atoms with Crippen LogP contribution in [0.4, 0.5) is 5.69 Å². The van der Waals surface area contributed by atoms with Gasteiger partial charge in [0.2, 0.25) is 0 Å². The molecular weight excluding hydrogens is 196 g/mol. The minimum absolute atomic E-state index is 0.0434. The second-order valence-corrected chi connectivity index (χ2v) is 3.63. The molecule has 1 N–H and O–H groups in total. The van der Waals surface area contributed by atoms with Gasteiger partial charge in [0, 0.05) is 19.2 Å². The molecule has 0 atom stereocenters. The quantitative estimate of drug-likeness (QED) is 0.599. The van der Waals surface area contributed by atoms with Crippen LogP contribution in [0.15, 0.2) is 18.2 Å². The number of ether oxygens (including phenoxy) is 1. The van der Waals surface area contributed by atoms with Crippen molar-refractivity contribution in [2.24, 2.45) is 0 Å². The van der Waals surface area contributed by atoms with E-state index < -0.39 is 4.92 Å². The molecule has 5 nitrogen and oxygen atoms in total. The third-order valence-corrected chi connectivity index (χ3v) is 2.35. The molecule has 0 amide bonds. The van der Waals surface area contributed by atoms with Gasteiger partial charge < -0.3 is 10.1 Å². The van der Waals surface area contributed by atoms with Crippen molar-refractivity contribution in [1.29, 1.82) is 0 Å². The SMILES string of the molecule is Cc1ccc(OC2CNC2)c([N+](=O)[O-])c1. The van der Waals surface area contributed by atoms with Gasteiger partial charge in [-0.2, -0.15) is 0 Å². The number of hydrogen-bond acceptors (Lipinski definition) is 4. The standard InChI is InChI=1S/C10H12N2O3/c1-7-2-3-10(9(4-7)12(13)14)15-8-5-11-6-8/h2-4,8,11H,5-6H2,1H3. The molecule has 2 rings (SSSR count). The number of hydrogen-bond donors (Lipinski definition) is 1. The highest BCUT2D eigenvalue weighted by molar-refractivity contribution is 5.48. The van der Waals surface area contributed by atoms with Gasteiger partial charge in [0.15, 0.2) is 5.75 Å². The van der Waals surface area contributed by atoms with Crippen LogP contribution in [-0.2, 0) is 0 Å². The fraction of sp³-hybridized carbons (Fsp3) is 0.400. The maximum absolute atomic E-state index is 10.8. The molecule has 1 aromatic carbocycles. The minimum atomic E-state index is -0.408. The summed E-state index contributed by atoms with van der Waals surface area (Å²) in [5.74, 6) is 0.358. The van der Waals surface area contributed by atoms with Gasteiger partial charge in [-0.05, 0) is 18.6 Å². The molecule has 1 aliphatic rings. The van der Waals surface area contributed by atoms with E-state index in [1.807, 2.05) is 13.0 Å². The Morgan fingerprint density at radius 3 is 2.80 bits per heavy atom. The molecule has 0 aliphatic carbocycles. The minimum Gasteiger partial charge on any atom is -0.481 e. The van der Waals surface area contributed by atoms with E-state index in [-0.39, 0.29) is 11.8 Å². The molecule has 0 aromatic heterocycles. The third kappa shape index (κ3) is 2.07. The summed E-state index contributed by atoms with van der Waals surface area (Å²) in [5.41, 5.74) is 0.905. The monoisotopic (exact) mass is 208 g/mol. The maximum Gasteiger partial charge on any atom is 0.311 e. The predicted molar refractivity (Wildman–Crippen MR) is 55.1 cm³/mol. The number of nitro benzene ring substituents is 1. The van der Waals surface area contributed by atoms with E-state index >= 15 is 0 Å². The first-order chi connectivity index (χ1) is 7.16. The van der Waals surface area contributed by atoms with Gasteiger partial charge in [-0.1, -0.05) is 6.07 Å². The zero-order chi connectivity index (χ0) is 10.8.